The summed E-state index contributed by atoms with van der Waals surface area (Å²) in [6.07, 6.45) is 4.78. The number of ether oxygens (including phenoxy) is 1. The van der Waals surface area contributed by atoms with Crippen LogP contribution in [0.15, 0.2) is 54.6 Å². The number of benzene rings is 2. The van der Waals surface area contributed by atoms with Crippen molar-refractivity contribution in [2.75, 3.05) is 39.3 Å². The molecule has 0 saturated carbocycles. The molecule has 162 valence electrons. The molecule has 0 spiro atoms. The molecule has 5 nitrogen and oxygen atoms in total. The minimum Gasteiger partial charge on any atom is -0.491 e. The van der Waals surface area contributed by atoms with Gasteiger partial charge in [0.05, 0.1) is 6.54 Å². The molecule has 1 aliphatic heterocycles. The highest BCUT2D eigenvalue weighted by Crippen LogP contribution is 2.29. The van der Waals surface area contributed by atoms with Crippen molar-refractivity contribution in [3.8, 4) is 16.9 Å². The van der Waals surface area contributed by atoms with Crippen LogP contribution in [0.4, 0.5) is 4.79 Å². The van der Waals surface area contributed by atoms with E-state index in [0.29, 0.717) is 19.7 Å². The van der Waals surface area contributed by atoms with Gasteiger partial charge in [0.25, 0.3) is 0 Å². The largest absolute Gasteiger partial charge is 0.491 e. The molecule has 0 atom stereocenters. The summed E-state index contributed by atoms with van der Waals surface area (Å²) in [5.74, 6) is 1.71. The van der Waals surface area contributed by atoms with Crippen molar-refractivity contribution in [3.63, 3.8) is 0 Å². The lowest BCUT2D eigenvalue weighted by Crippen LogP contribution is -2.38. The second-order valence-corrected chi connectivity index (χ2v) is 8.12. The number of unbranched alkanes of at least 4 members (excludes halogenated alkanes) is 1. The lowest BCUT2D eigenvalue weighted by atomic mass is 9.99. The van der Waals surface area contributed by atoms with Crippen LogP contribution in [-0.4, -0.2) is 50.3 Å². The lowest BCUT2D eigenvalue weighted by Gasteiger charge is -2.30. The van der Waals surface area contributed by atoms with Gasteiger partial charge in [-0.1, -0.05) is 55.5 Å². The topological polar surface area (TPSA) is 53.6 Å². The summed E-state index contributed by atoms with van der Waals surface area (Å²) >= 11 is 0. The Morgan fingerprint density at radius 1 is 0.967 bits per heavy atom. The summed E-state index contributed by atoms with van der Waals surface area (Å²) in [4.78, 5) is 14.5. The second kappa shape index (κ2) is 12.2. The summed E-state index contributed by atoms with van der Waals surface area (Å²) in [7, 11) is 0. The number of nitrogens with one attached hydrogen (secondary N) is 2. The van der Waals surface area contributed by atoms with Gasteiger partial charge in [-0.25, -0.2) is 4.79 Å². The Hall–Kier alpha value is -2.53. The van der Waals surface area contributed by atoms with E-state index in [1.807, 2.05) is 36.4 Å². The monoisotopic (exact) mass is 409 g/mol. The number of hydrogen-bond acceptors (Lipinski definition) is 3. The molecule has 1 aliphatic rings. The quantitative estimate of drug-likeness (QED) is 0.566. The molecule has 0 unspecified atom stereocenters. The zero-order valence-corrected chi connectivity index (χ0v) is 18.1. The summed E-state index contributed by atoms with van der Waals surface area (Å²) < 4.78 is 5.91. The maximum Gasteiger partial charge on any atom is 0.314 e. The molecule has 0 aromatic heterocycles. The fraction of sp³-hybridized carbons (Fsp3) is 0.480. The maximum absolute atomic E-state index is 12.0. The Labute approximate surface area is 180 Å². The average Bonchev–Trinajstić information content (AvgIpc) is 2.78. The van der Waals surface area contributed by atoms with Gasteiger partial charge in [-0.05, 0) is 62.9 Å². The molecule has 2 aromatic rings. The minimum atomic E-state index is -0.123. The molecule has 1 saturated heterocycles. The number of rotatable bonds is 10. The number of amides is 2. The third-order valence-electron chi connectivity index (χ3n) is 5.68. The molecule has 3 rings (SSSR count). The lowest BCUT2D eigenvalue weighted by molar-refractivity contribution is 0.189. The summed E-state index contributed by atoms with van der Waals surface area (Å²) in [5.41, 5.74) is 2.18. The summed E-state index contributed by atoms with van der Waals surface area (Å²) in [5, 5.41) is 5.81. The van der Waals surface area contributed by atoms with Crippen LogP contribution in [0, 0.1) is 5.92 Å². The highest BCUT2D eigenvalue weighted by atomic mass is 16.5. The highest BCUT2D eigenvalue weighted by Gasteiger charge is 2.14. The molecule has 5 heteroatoms. The second-order valence-electron chi connectivity index (χ2n) is 8.12. The van der Waals surface area contributed by atoms with E-state index in [0.717, 1.165) is 42.2 Å². The first-order valence-electron chi connectivity index (χ1n) is 11.2. The molecule has 2 aromatic carbocycles. The smallest absolute Gasteiger partial charge is 0.314 e. The van der Waals surface area contributed by atoms with Crippen LogP contribution in [0.5, 0.6) is 5.75 Å². The van der Waals surface area contributed by atoms with E-state index in [4.69, 9.17) is 4.74 Å². The molecule has 1 heterocycles. The molecule has 30 heavy (non-hydrogen) atoms. The Morgan fingerprint density at radius 3 is 2.47 bits per heavy atom. The van der Waals surface area contributed by atoms with Crippen molar-refractivity contribution in [2.24, 2.45) is 5.92 Å². The predicted octanol–water partition coefficient (Wildman–Crippen LogP) is 4.54. The van der Waals surface area contributed by atoms with Crippen LogP contribution >= 0.6 is 0 Å². The third-order valence-corrected chi connectivity index (χ3v) is 5.68. The van der Waals surface area contributed by atoms with Crippen LogP contribution in [-0.2, 0) is 0 Å². The average molecular weight is 410 g/mol. The van der Waals surface area contributed by atoms with Crippen molar-refractivity contribution < 1.29 is 9.53 Å². The number of urea groups is 1. The maximum atomic E-state index is 12.0. The first-order chi connectivity index (χ1) is 14.7. The van der Waals surface area contributed by atoms with Crippen LogP contribution in [0.3, 0.4) is 0 Å². The predicted molar refractivity (Wildman–Crippen MR) is 123 cm³/mol. The van der Waals surface area contributed by atoms with Gasteiger partial charge in [0.15, 0.2) is 0 Å². The molecular formula is C25H35N3O2. The van der Waals surface area contributed by atoms with Gasteiger partial charge >= 0.3 is 6.03 Å². The van der Waals surface area contributed by atoms with E-state index in [1.54, 1.807) is 0 Å². The molecule has 2 N–H and O–H groups in total. The van der Waals surface area contributed by atoms with Gasteiger partial charge in [0, 0.05) is 12.1 Å². The molecule has 0 aliphatic carbocycles. The van der Waals surface area contributed by atoms with E-state index >= 15 is 0 Å². The fourth-order valence-electron chi connectivity index (χ4n) is 3.78. The Bertz CT molecular complexity index is 758. The van der Waals surface area contributed by atoms with Crippen molar-refractivity contribution >= 4 is 6.03 Å². The minimum absolute atomic E-state index is 0.123. The number of carbonyl (C=O) groups excluding carboxylic acids is 1. The number of hydrogen-bond donors (Lipinski definition) is 2. The van der Waals surface area contributed by atoms with E-state index in [1.165, 1.54) is 25.9 Å². The van der Waals surface area contributed by atoms with Crippen LogP contribution < -0.4 is 15.4 Å². The Balaban J connectivity index is 1.27. The van der Waals surface area contributed by atoms with Gasteiger partial charge in [-0.15, -0.1) is 0 Å². The van der Waals surface area contributed by atoms with Crippen LogP contribution in [0.1, 0.15) is 32.6 Å². The van der Waals surface area contributed by atoms with Crippen LogP contribution in [0.2, 0.25) is 0 Å². The summed E-state index contributed by atoms with van der Waals surface area (Å²) in [6.45, 7) is 7.56. The Morgan fingerprint density at radius 2 is 1.67 bits per heavy atom. The number of likely N-dealkylation sites (tertiary alicyclic amines) is 1. The molecular weight excluding hydrogens is 374 g/mol. The molecule has 1 fully saturated rings. The number of piperidine rings is 1. The first kappa shape index (κ1) is 22.2. The van der Waals surface area contributed by atoms with Gasteiger partial charge in [-0.2, -0.15) is 0 Å². The van der Waals surface area contributed by atoms with Gasteiger partial charge in [0.2, 0.25) is 0 Å². The highest BCUT2D eigenvalue weighted by molar-refractivity contribution is 5.73. The van der Waals surface area contributed by atoms with E-state index in [9.17, 15) is 4.79 Å². The van der Waals surface area contributed by atoms with E-state index in [2.05, 4.69) is 40.7 Å². The number of nitrogens with zero attached hydrogens (tertiary/aromatic N) is 1. The number of para-hydroxylation sites is 1. The third kappa shape index (κ3) is 7.38. The zero-order chi connectivity index (χ0) is 21.0. The Kier molecular flexibility index (Phi) is 9.04. The van der Waals surface area contributed by atoms with Crippen molar-refractivity contribution in [2.45, 2.75) is 32.6 Å². The van der Waals surface area contributed by atoms with E-state index in [-0.39, 0.29) is 6.03 Å². The van der Waals surface area contributed by atoms with Crippen LogP contribution in [0.25, 0.3) is 11.1 Å². The van der Waals surface area contributed by atoms with Gasteiger partial charge in [-0.3, -0.25) is 0 Å². The van der Waals surface area contributed by atoms with Gasteiger partial charge in [0.1, 0.15) is 12.4 Å². The zero-order valence-electron chi connectivity index (χ0n) is 18.1. The summed E-state index contributed by atoms with van der Waals surface area (Å²) in [6, 6.07) is 18.0. The van der Waals surface area contributed by atoms with Crippen molar-refractivity contribution in [1.29, 1.82) is 0 Å². The van der Waals surface area contributed by atoms with Crippen molar-refractivity contribution in [3.05, 3.63) is 54.6 Å². The van der Waals surface area contributed by atoms with E-state index < -0.39 is 0 Å². The molecule has 2 amide bonds. The first-order valence-corrected chi connectivity index (χ1v) is 11.2. The molecule has 0 bridgehead atoms. The normalized spacial score (nSPS) is 15.0. The fourth-order valence-corrected chi connectivity index (χ4v) is 3.78. The van der Waals surface area contributed by atoms with Crippen molar-refractivity contribution in [1.82, 2.24) is 15.5 Å². The standard InChI is InChI=1S/C25H35N3O2/c1-21-13-18-28(19-14-21)17-8-7-15-26-25(29)27-16-20-30-24-12-6-5-11-23(24)22-9-3-2-4-10-22/h2-6,9-12,21H,7-8,13-20H2,1H3,(H2,26,27,29). The number of carbonyl (C=O) groups is 1. The van der Waals surface area contributed by atoms with Gasteiger partial charge < -0.3 is 20.3 Å². The molecule has 0 radical (unpaired) electrons. The SMILES string of the molecule is CC1CCN(CCCCNC(=O)NCCOc2ccccc2-c2ccccc2)CC1.